The van der Waals surface area contributed by atoms with Crippen LogP contribution in [0.2, 0.25) is 0 Å². The number of esters is 1. The monoisotopic (exact) mass is 709 g/mol. The van der Waals surface area contributed by atoms with Gasteiger partial charge in [-0.25, -0.2) is 9.37 Å². The van der Waals surface area contributed by atoms with E-state index in [0.717, 1.165) is 31.6 Å². The number of pyridine rings is 1. The van der Waals surface area contributed by atoms with Gasteiger partial charge < -0.3 is 19.3 Å². The molecule has 1 aliphatic heterocycles. The van der Waals surface area contributed by atoms with E-state index in [1.807, 2.05) is 12.1 Å². The third-order valence-electron chi connectivity index (χ3n) is 9.62. The molecule has 3 aromatic rings. The summed E-state index contributed by atoms with van der Waals surface area (Å²) in [7, 11) is 2.73. The van der Waals surface area contributed by atoms with Crippen LogP contribution in [0.3, 0.4) is 0 Å². The van der Waals surface area contributed by atoms with Crippen LogP contribution in [0.4, 0.5) is 36.6 Å². The van der Waals surface area contributed by atoms with E-state index in [9.17, 15) is 35.9 Å². The fourth-order valence-electron chi connectivity index (χ4n) is 6.46. The van der Waals surface area contributed by atoms with Gasteiger partial charge >= 0.3 is 18.3 Å². The number of hydrogen-bond acceptors (Lipinski definition) is 6. The second-order valence-electron chi connectivity index (χ2n) is 12.9. The number of carbonyl (C=O) groups excluding carboxylic acids is 2. The van der Waals surface area contributed by atoms with Gasteiger partial charge in [-0.1, -0.05) is 6.92 Å². The van der Waals surface area contributed by atoms with Crippen LogP contribution in [0, 0.1) is 11.7 Å². The second-order valence-corrected chi connectivity index (χ2v) is 12.9. The zero-order chi connectivity index (χ0) is 36.4. The summed E-state index contributed by atoms with van der Waals surface area (Å²) in [6, 6.07) is 8.23. The summed E-state index contributed by atoms with van der Waals surface area (Å²) < 4.78 is 106. The molecule has 7 nitrogen and oxygen atoms in total. The number of benzene rings is 2. The lowest BCUT2D eigenvalue weighted by molar-refractivity contribution is -0.149. The van der Waals surface area contributed by atoms with Gasteiger partial charge in [0.1, 0.15) is 17.4 Å². The van der Waals surface area contributed by atoms with Gasteiger partial charge in [0, 0.05) is 36.8 Å². The minimum Gasteiger partial charge on any atom is -0.496 e. The first kappa shape index (κ1) is 36.9. The number of nitrogens with zero attached hydrogens (tertiary/aromatic N) is 3. The van der Waals surface area contributed by atoms with Crippen molar-refractivity contribution in [1.82, 2.24) is 9.88 Å². The molecule has 2 heterocycles. The zero-order valence-electron chi connectivity index (χ0n) is 27.8. The van der Waals surface area contributed by atoms with Crippen molar-refractivity contribution in [1.29, 1.82) is 0 Å². The molecule has 2 aromatic carbocycles. The number of hydrogen-bond donors (Lipinski definition) is 0. The number of amides is 1. The zero-order valence-corrected chi connectivity index (χ0v) is 27.8. The first-order valence-corrected chi connectivity index (χ1v) is 16.3. The third-order valence-corrected chi connectivity index (χ3v) is 9.62. The summed E-state index contributed by atoms with van der Waals surface area (Å²) in [6.45, 7) is 3.33. The fourth-order valence-corrected chi connectivity index (χ4v) is 6.46. The molecule has 0 unspecified atom stereocenters. The Morgan fingerprint density at radius 2 is 1.66 bits per heavy atom. The number of anilines is 1. The van der Waals surface area contributed by atoms with Crippen molar-refractivity contribution in [2.75, 3.05) is 38.8 Å². The Balaban J connectivity index is 1.37. The van der Waals surface area contributed by atoms with E-state index in [-0.39, 0.29) is 61.1 Å². The smallest absolute Gasteiger partial charge is 0.416 e. The number of rotatable bonds is 13. The van der Waals surface area contributed by atoms with Crippen molar-refractivity contribution in [3.8, 4) is 16.9 Å². The molecule has 1 aromatic heterocycles. The summed E-state index contributed by atoms with van der Waals surface area (Å²) in [5.74, 6) is -1.06. The van der Waals surface area contributed by atoms with Crippen molar-refractivity contribution >= 4 is 18.2 Å². The van der Waals surface area contributed by atoms with Gasteiger partial charge in [-0.15, -0.1) is 0 Å². The molecular weight excluding hydrogens is 671 g/mol. The Hall–Kier alpha value is -4.36. The number of aromatic nitrogens is 1. The molecule has 1 saturated carbocycles. The molecule has 270 valence electrons. The second kappa shape index (κ2) is 14.9. The molecule has 1 amide bonds. The van der Waals surface area contributed by atoms with Crippen LogP contribution in [0.5, 0.6) is 5.75 Å². The summed E-state index contributed by atoms with van der Waals surface area (Å²) in [6.07, 6.45) is -6.92. The van der Waals surface area contributed by atoms with Crippen LogP contribution < -0.4 is 9.64 Å². The van der Waals surface area contributed by atoms with Crippen LogP contribution in [0.1, 0.15) is 78.8 Å². The van der Waals surface area contributed by atoms with Crippen molar-refractivity contribution < 1.29 is 49.8 Å². The predicted octanol–water partition coefficient (Wildman–Crippen LogP) is 8.35. The van der Waals surface area contributed by atoms with Gasteiger partial charge in [-0.3, -0.25) is 9.59 Å². The van der Waals surface area contributed by atoms with Crippen molar-refractivity contribution in [3.05, 3.63) is 76.2 Å². The van der Waals surface area contributed by atoms with Crippen molar-refractivity contribution in [2.24, 2.45) is 5.92 Å². The fraction of sp³-hybridized carbons (Fsp3) is 0.472. The van der Waals surface area contributed by atoms with Crippen molar-refractivity contribution in [2.45, 2.75) is 69.8 Å². The molecule has 1 saturated heterocycles. The first-order valence-electron chi connectivity index (χ1n) is 16.3. The summed E-state index contributed by atoms with van der Waals surface area (Å²) in [4.78, 5) is 32.6. The predicted molar refractivity (Wildman–Crippen MR) is 171 cm³/mol. The van der Waals surface area contributed by atoms with E-state index >= 15 is 4.39 Å². The first-order chi connectivity index (χ1) is 23.6. The van der Waals surface area contributed by atoms with Crippen LogP contribution in [0.15, 0.2) is 42.5 Å². The number of halogens is 7. The van der Waals surface area contributed by atoms with Gasteiger partial charge in [0.25, 0.3) is 0 Å². The molecule has 0 N–H and O–H groups in total. The Morgan fingerprint density at radius 3 is 2.20 bits per heavy atom. The van der Waals surface area contributed by atoms with E-state index in [1.165, 1.54) is 25.2 Å². The lowest BCUT2D eigenvalue weighted by Crippen LogP contribution is -2.37. The lowest BCUT2D eigenvalue weighted by atomic mass is 9.71. The molecular formula is C36H38F7N3O4. The van der Waals surface area contributed by atoms with Gasteiger partial charge in [0.05, 0.1) is 43.5 Å². The van der Waals surface area contributed by atoms with E-state index in [1.54, 1.807) is 13.0 Å². The highest BCUT2D eigenvalue weighted by molar-refractivity contribution is 5.76. The highest BCUT2D eigenvalue weighted by Gasteiger charge is 2.39. The van der Waals surface area contributed by atoms with Gasteiger partial charge in [0.2, 0.25) is 6.41 Å². The minimum absolute atomic E-state index is 0.0282. The molecule has 1 aliphatic carbocycles. The normalized spacial score (nSPS) is 18.2. The number of alkyl halides is 6. The maximum Gasteiger partial charge on any atom is 0.416 e. The maximum absolute atomic E-state index is 15.3. The lowest BCUT2D eigenvalue weighted by Gasteiger charge is -2.34. The Kier molecular flexibility index (Phi) is 11.0. The SMILES string of the molecule is COC(=O)C1CC(c2cc(-c3ccc(N4CCC4)nc3CN(C=O)CCC[C@H](C)c3cc(C(F)(F)F)cc(C(F)(F)F)c3)c(OC)cc2F)C1. The molecule has 5 rings (SSSR count). The van der Waals surface area contributed by atoms with Crippen LogP contribution >= 0.6 is 0 Å². The van der Waals surface area contributed by atoms with Crippen LogP contribution in [-0.4, -0.2) is 56.1 Å². The molecule has 1 atom stereocenters. The number of methoxy groups -OCH3 is 2. The Morgan fingerprint density at radius 1 is 1.00 bits per heavy atom. The molecule has 0 radical (unpaired) electrons. The molecule has 0 bridgehead atoms. The average Bonchev–Trinajstić information content (AvgIpc) is 3.02. The molecule has 50 heavy (non-hydrogen) atoms. The third kappa shape index (κ3) is 8.15. The van der Waals surface area contributed by atoms with Crippen LogP contribution in [-0.2, 0) is 33.2 Å². The summed E-state index contributed by atoms with van der Waals surface area (Å²) in [5, 5.41) is 0. The highest BCUT2D eigenvalue weighted by Crippen LogP contribution is 2.46. The van der Waals surface area contributed by atoms with Gasteiger partial charge in [0.15, 0.2) is 0 Å². The summed E-state index contributed by atoms with van der Waals surface area (Å²) >= 11 is 0. The molecule has 14 heteroatoms. The number of carbonyl (C=O) groups is 2. The van der Waals surface area contributed by atoms with Gasteiger partial charge in [-0.05, 0) is 91.5 Å². The van der Waals surface area contributed by atoms with Gasteiger partial charge in [-0.2, -0.15) is 26.3 Å². The topological polar surface area (TPSA) is 72.0 Å². The highest BCUT2D eigenvalue weighted by atomic mass is 19.4. The Labute approximate surface area is 285 Å². The van der Waals surface area contributed by atoms with Crippen LogP contribution in [0.25, 0.3) is 11.1 Å². The van der Waals surface area contributed by atoms with E-state index < -0.39 is 35.2 Å². The maximum atomic E-state index is 15.3. The minimum atomic E-state index is -4.95. The quantitative estimate of drug-likeness (QED) is 0.101. The van der Waals surface area contributed by atoms with E-state index in [2.05, 4.69) is 4.90 Å². The molecule has 2 aliphatic rings. The molecule has 0 spiro atoms. The van der Waals surface area contributed by atoms with E-state index in [0.29, 0.717) is 47.5 Å². The largest absolute Gasteiger partial charge is 0.496 e. The standard InChI is InChI=1S/C36H38F7N3O4/c1-21(22-14-25(35(38,39)40)16-26(15-22)36(41,42)43)6-4-9-45(20-47)19-31-27(7-8-33(44-31)46-10-5-11-46)29-17-28(30(37)18-32(29)49-2)23-12-24(13-23)34(48)50-3/h7-8,14-18,20-21,23-24H,4-6,9-13,19H2,1-3H3/t21-,23?,24?/m0/s1. The van der Waals surface area contributed by atoms with Crippen molar-refractivity contribution in [3.63, 3.8) is 0 Å². The molecule has 2 fully saturated rings. The van der Waals surface area contributed by atoms with E-state index in [4.69, 9.17) is 14.5 Å². The Bertz CT molecular complexity index is 1670. The average molecular weight is 710 g/mol. The summed E-state index contributed by atoms with van der Waals surface area (Å²) in [5.41, 5.74) is -0.775. The number of ether oxygens (including phenoxy) is 2.